The maximum Gasteiger partial charge on any atom is 0.409 e. The number of hydrogen-bond acceptors (Lipinski definition) is 5. The topological polar surface area (TPSA) is 131 Å². The van der Waals surface area contributed by atoms with Crippen molar-refractivity contribution in [2.24, 2.45) is 23.5 Å². The molecule has 2 atom stereocenters. The first-order valence-electron chi connectivity index (χ1n) is 14.4. The Labute approximate surface area is 243 Å². The summed E-state index contributed by atoms with van der Waals surface area (Å²) < 4.78 is 55.2. The van der Waals surface area contributed by atoms with Gasteiger partial charge in [0.2, 0.25) is 11.8 Å². The molecule has 0 aliphatic heterocycles. The molecule has 3 amide bonds. The van der Waals surface area contributed by atoms with E-state index in [0.29, 0.717) is 17.5 Å². The molecule has 0 bridgehead atoms. The molecule has 5 N–H and O–H groups in total. The lowest BCUT2D eigenvalue weighted by atomic mass is 9.88. The van der Waals surface area contributed by atoms with Crippen molar-refractivity contribution in [1.82, 2.24) is 20.4 Å². The molecule has 232 valence electrons. The molecule has 4 rings (SSSR count). The van der Waals surface area contributed by atoms with Crippen molar-refractivity contribution in [3.63, 3.8) is 0 Å². The van der Waals surface area contributed by atoms with Crippen molar-refractivity contribution in [2.45, 2.75) is 84.1 Å². The predicted octanol–water partition coefficient (Wildman–Crippen LogP) is 4.35. The first-order chi connectivity index (χ1) is 19.9. The fourth-order valence-electron chi connectivity index (χ4n) is 5.03. The maximum absolute atomic E-state index is 15.0. The summed E-state index contributed by atoms with van der Waals surface area (Å²) in [6.07, 6.45) is 0.114. The average molecular weight is 597 g/mol. The molecule has 2 fully saturated rings. The van der Waals surface area contributed by atoms with E-state index in [2.05, 4.69) is 15.7 Å². The molecule has 9 nitrogen and oxygen atoms in total. The van der Waals surface area contributed by atoms with Crippen molar-refractivity contribution < 1.29 is 31.9 Å². The van der Waals surface area contributed by atoms with Crippen LogP contribution in [-0.4, -0.2) is 52.3 Å². The van der Waals surface area contributed by atoms with Crippen LogP contribution < -0.4 is 21.7 Å². The molecular weight excluding hydrogens is 556 g/mol. The molecule has 2 aromatic rings. The van der Waals surface area contributed by atoms with Gasteiger partial charge in [0.15, 0.2) is 0 Å². The molecule has 2 aliphatic carbocycles. The number of nitrogens with two attached hydrogens (primary N) is 1. The van der Waals surface area contributed by atoms with Crippen molar-refractivity contribution >= 4 is 23.4 Å². The molecule has 13 heteroatoms. The second kappa shape index (κ2) is 14.1. The minimum absolute atomic E-state index is 0.0740. The number of amides is 3. The number of anilines is 1. The monoisotopic (exact) mass is 596 g/mol. The lowest BCUT2D eigenvalue weighted by Gasteiger charge is -2.28. The fraction of sp³-hybridized carbons (Fsp3) is 0.586. The van der Waals surface area contributed by atoms with E-state index in [-0.39, 0.29) is 23.2 Å². The number of aromatic nitrogens is 2. The van der Waals surface area contributed by atoms with Gasteiger partial charge in [-0.3, -0.25) is 19.1 Å². The van der Waals surface area contributed by atoms with E-state index < -0.39 is 54.8 Å². The molecule has 0 radical (unpaired) electrons. The molecule has 2 unspecified atom stereocenters. The minimum atomic E-state index is -4.71. The van der Waals surface area contributed by atoms with E-state index >= 15 is 0 Å². The number of nitrogens with one attached hydrogen (secondary N) is 3. The Hall–Kier alpha value is -3.48. The Morgan fingerprint density at radius 1 is 1.05 bits per heavy atom. The summed E-state index contributed by atoms with van der Waals surface area (Å²) in [4.78, 5) is 38.8. The number of hydrogen-bond donors (Lipinski definition) is 4. The Bertz CT molecular complexity index is 1230. The highest BCUT2D eigenvalue weighted by molar-refractivity contribution is 6.01. The van der Waals surface area contributed by atoms with Gasteiger partial charge in [-0.15, -0.1) is 0 Å². The van der Waals surface area contributed by atoms with Gasteiger partial charge in [-0.2, -0.15) is 18.3 Å². The summed E-state index contributed by atoms with van der Waals surface area (Å²) in [5, 5.41) is 11.4. The highest BCUT2D eigenvalue weighted by Crippen LogP contribution is 2.51. The van der Waals surface area contributed by atoms with Gasteiger partial charge in [0.05, 0.1) is 12.1 Å². The van der Waals surface area contributed by atoms with Gasteiger partial charge < -0.3 is 21.7 Å². The summed E-state index contributed by atoms with van der Waals surface area (Å²) in [5.41, 5.74) is 5.36. The standard InChI is InChI=1S/C27H34F4N6O3.C2H6/c1-14(2)37-20(9-10-33-37)25(39)36-24(23(16-4-5-16)17-6-7-17)26(40)34-19-8-3-15(11-18(19)28)12-22(38)35-21(13-32)27(29,30)31;1-2/h3,8-11,14,16-17,21,23-24H,4-7,12-13,32H2,1-2H3,(H,34,40)(H,35,38)(H,36,39);1-2H3. The van der Waals surface area contributed by atoms with Gasteiger partial charge in [-0.1, -0.05) is 19.9 Å². The molecule has 1 aromatic carbocycles. The first kappa shape index (κ1) is 33.0. The molecule has 1 heterocycles. The smallest absolute Gasteiger partial charge is 0.343 e. The third-order valence-corrected chi connectivity index (χ3v) is 7.30. The van der Waals surface area contributed by atoms with Crippen LogP contribution in [0.2, 0.25) is 0 Å². The van der Waals surface area contributed by atoms with Crippen LogP contribution in [0.3, 0.4) is 0 Å². The third-order valence-electron chi connectivity index (χ3n) is 7.30. The average Bonchev–Trinajstić information content (AvgIpc) is 3.88. The van der Waals surface area contributed by atoms with Crippen LogP contribution in [0.5, 0.6) is 0 Å². The number of nitrogens with zero attached hydrogens (tertiary/aromatic N) is 2. The maximum atomic E-state index is 15.0. The van der Waals surface area contributed by atoms with E-state index in [4.69, 9.17) is 5.73 Å². The van der Waals surface area contributed by atoms with Crippen LogP contribution in [-0.2, 0) is 16.0 Å². The summed E-state index contributed by atoms with van der Waals surface area (Å²) in [7, 11) is 0. The van der Waals surface area contributed by atoms with Crippen LogP contribution in [0.4, 0.5) is 23.2 Å². The van der Waals surface area contributed by atoms with Crippen molar-refractivity contribution in [3.8, 4) is 0 Å². The summed E-state index contributed by atoms with van der Waals surface area (Å²) in [6.45, 7) is 6.94. The summed E-state index contributed by atoms with van der Waals surface area (Å²) in [6, 6.07) is 1.97. The summed E-state index contributed by atoms with van der Waals surface area (Å²) >= 11 is 0. The van der Waals surface area contributed by atoms with E-state index in [1.807, 2.05) is 27.7 Å². The Morgan fingerprint density at radius 2 is 1.67 bits per heavy atom. The van der Waals surface area contributed by atoms with Crippen molar-refractivity contribution in [1.29, 1.82) is 0 Å². The number of carbonyl (C=O) groups is 3. The molecule has 0 spiro atoms. The molecule has 2 saturated carbocycles. The van der Waals surface area contributed by atoms with Gasteiger partial charge in [-0.25, -0.2) is 4.39 Å². The Morgan fingerprint density at radius 3 is 2.17 bits per heavy atom. The van der Waals surface area contributed by atoms with Gasteiger partial charge in [0, 0.05) is 18.8 Å². The van der Waals surface area contributed by atoms with Crippen LogP contribution >= 0.6 is 0 Å². The van der Waals surface area contributed by atoms with Gasteiger partial charge in [-0.05, 0) is 81.0 Å². The SMILES string of the molecule is CC.CC(C)n1nccc1C(=O)NC(C(=O)Nc1ccc(CC(=O)NC(CN)C(F)(F)F)cc1F)C(C1CC1)C1CC1. The van der Waals surface area contributed by atoms with Crippen LogP contribution in [0.15, 0.2) is 30.5 Å². The van der Waals surface area contributed by atoms with Gasteiger partial charge in [0.25, 0.3) is 5.91 Å². The number of halogens is 4. The second-order valence-corrected chi connectivity index (χ2v) is 10.8. The zero-order chi connectivity index (χ0) is 31.2. The quantitative estimate of drug-likeness (QED) is 0.271. The van der Waals surface area contributed by atoms with Crippen molar-refractivity contribution in [3.05, 3.63) is 47.5 Å². The molecule has 1 aromatic heterocycles. The Balaban J connectivity index is 0.00000237. The highest BCUT2D eigenvalue weighted by atomic mass is 19.4. The number of benzene rings is 1. The predicted molar refractivity (Wildman–Crippen MR) is 150 cm³/mol. The van der Waals surface area contributed by atoms with Crippen molar-refractivity contribution in [2.75, 3.05) is 11.9 Å². The largest absolute Gasteiger partial charge is 0.409 e. The zero-order valence-corrected chi connectivity index (χ0v) is 24.3. The summed E-state index contributed by atoms with van der Waals surface area (Å²) in [5.74, 6) is -2.35. The highest BCUT2D eigenvalue weighted by Gasteiger charge is 2.48. The first-order valence-corrected chi connectivity index (χ1v) is 14.4. The molecule has 0 saturated heterocycles. The minimum Gasteiger partial charge on any atom is -0.343 e. The van der Waals surface area contributed by atoms with Crippen LogP contribution in [0, 0.1) is 23.6 Å². The molecule has 2 aliphatic rings. The zero-order valence-electron chi connectivity index (χ0n) is 24.3. The van der Waals surface area contributed by atoms with Crippen LogP contribution in [0.1, 0.15) is 75.5 Å². The normalized spacial score (nSPS) is 16.4. The molecule has 42 heavy (non-hydrogen) atoms. The van der Waals surface area contributed by atoms with E-state index in [1.54, 1.807) is 16.1 Å². The van der Waals surface area contributed by atoms with Gasteiger partial charge >= 0.3 is 6.18 Å². The molecular formula is C29H40F4N6O3. The Kier molecular flexibility index (Phi) is 11.1. The number of alkyl halides is 3. The number of carbonyl (C=O) groups excluding carboxylic acids is 3. The number of rotatable bonds is 12. The second-order valence-electron chi connectivity index (χ2n) is 10.8. The van der Waals surface area contributed by atoms with E-state index in [0.717, 1.165) is 31.7 Å². The van der Waals surface area contributed by atoms with E-state index in [9.17, 15) is 31.9 Å². The van der Waals surface area contributed by atoms with Gasteiger partial charge in [0.1, 0.15) is 23.6 Å². The van der Waals surface area contributed by atoms with Crippen LogP contribution in [0.25, 0.3) is 0 Å². The lowest BCUT2D eigenvalue weighted by molar-refractivity contribution is -0.159. The lowest BCUT2D eigenvalue weighted by Crippen LogP contribution is -2.50. The fourth-order valence-corrected chi connectivity index (χ4v) is 5.03. The van der Waals surface area contributed by atoms with E-state index in [1.165, 1.54) is 18.3 Å². The third kappa shape index (κ3) is 8.52.